The lowest BCUT2D eigenvalue weighted by molar-refractivity contribution is -0.396. The Hall–Kier alpha value is -3.73. The monoisotopic (exact) mass is 498 g/mol. The van der Waals surface area contributed by atoms with Crippen LogP contribution < -0.4 is 14.8 Å². The molecule has 0 aliphatic carbocycles. The normalized spacial score (nSPS) is 10.8. The molecule has 0 atom stereocenters. The second kappa shape index (κ2) is 9.60. The Morgan fingerprint density at radius 1 is 1.19 bits per heavy atom. The Kier molecular flexibility index (Phi) is 6.45. The molecule has 0 saturated heterocycles. The number of fused-ring (bicyclic) bond motifs is 1. The number of ether oxygens (including phenoxy) is 2. The lowest BCUT2D eigenvalue weighted by Crippen LogP contribution is -2.07. The Morgan fingerprint density at radius 2 is 2.06 bits per heavy atom. The number of rotatable bonds is 9. The quantitative estimate of drug-likeness (QED) is 0.200. The highest BCUT2D eigenvalue weighted by Crippen LogP contribution is 2.35. The molecule has 0 amide bonds. The van der Waals surface area contributed by atoms with Gasteiger partial charge in [0.05, 0.1) is 25.8 Å². The number of halogens is 1. The number of nitrogens with zero attached hydrogens (tertiary/aromatic N) is 5. The van der Waals surface area contributed by atoms with E-state index in [1.54, 1.807) is 19.4 Å². The summed E-state index contributed by atoms with van der Waals surface area (Å²) in [5.74, 6) is 1.52. The molecule has 2 aromatic heterocycles. The van der Waals surface area contributed by atoms with Crippen LogP contribution in [0.3, 0.4) is 0 Å². The molecule has 0 aliphatic heterocycles. The maximum absolute atomic E-state index is 11.0. The lowest BCUT2D eigenvalue weighted by atomic mass is 10.2. The van der Waals surface area contributed by atoms with Gasteiger partial charge in [0.2, 0.25) is 0 Å². The van der Waals surface area contributed by atoms with Crippen molar-refractivity contribution in [2.75, 3.05) is 19.0 Å². The number of nitrogens with one attached hydrogen (secondary N) is 1. The van der Waals surface area contributed by atoms with Gasteiger partial charge in [-0.2, -0.15) is 0 Å². The van der Waals surface area contributed by atoms with E-state index in [1.807, 2.05) is 30.3 Å². The minimum absolute atomic E-state index is 0.186. The van der Waals surface area contributed by atoms with Crippen LogP contribution in [0.4, 0.5) is 17.5 Å². The van der Waals surface area contributed by atoms with Crippen molar-refractivity contribution in [3.63, 3.8) is 0 Å². The first-order valence-electron chi connectivity index (χ1n) is 9.69. The molecule has 0 spiro atoms. The number of aryl methyl sites for hydroxylation is 1. The van der Waals surface area contributed by atoms with E-state index in [9.17, 15) is 10.1 Å². The highest BCUT2D eigenvalue weighted by atomic mass is 79.9. The van der Waals surface area contributed by atoms with Crippen molar-refractivity contribution in [1.82, 2.24) is 19.5 Å². The number of aromatic nitrogens is 4. The van der Waals surface area contributed by atoms with Crippen LogP contribution in [0.5, 0.6) is 11.5 Å². The van der Waals surface area contributed by atoms with Crippen LogP contribution in [0, 0.1) is 10.1 Å². The van der Waals surface area contributed by atoms with Gasteiger partial charge in [-0.1, -0.05) is 27.0 Å². The van der Waals surface area contributed by atoms with Gasteiger partial charge in [0.1, 0.15) is 24.5 Å². The van der Waals surface area contributed by atoms with Gasteiger partial charge in [0, 0.05) is 28.0 Å². The van der Waals surface area contributed by atoms with E-state index in [1.165, 1.54) is 17.1 Å². The Balaban J connectivity index is 1.53. The van der Waals surface area contributed by atoms with E-state index in [-0.39, 0.29) is 5.95 Å². The average molecular weight is 499 g/mol. The molecule has 1 N–H and O–H groups in total. The highest BCUT2D eigenvalue weighted by Gasteiger charge is 2.15. The predicted molar refractivity (Wildman–Crippen MR) is 123 cm³/mol. The van der Waals surface area contributed by atoms with Gasteiger partial charge < -0.3 is 24.9 Å². The maximum atomic E-state index is 11.0. The molecule has 0 unspecified atom stereocenters. The highest BCUT2D eigenvalue weighted by molar-refractivity contribution is 9.10. The van der Waals surface area contributed by atoms with Crippen molar-refractivity contribution in [2.45, 2.75) is 13.0 Å². The third kappa shape index (κ3) is 4.78. The SMILES string of the molecule is COc1cc2ncnc(Nc3cccc(Br)c3)c2cc1OCCCn1ccnc1[N+](=O)[O-]. The molecule has 0 bridgehead atoms. The Morgan fingerprint density at radius 3 is 2.84 bits per heavy atom. The maximum Gasteiger partial charge on any atom is 0.434 e. The first-order valence-corrected chi connectivity index (χ1v) is 10.5. The van der Waals surface area contributed by atoms with E-state index >= 15 is 0 Å². The summed E-state index contributed by atoms with van der Waals surface area (Å²) in [5, 5.41) is 15.1. The van der Waals surface area contributed by atoms with E-state index in [0.29, 0.717) is 42.4 Å². The summed E-state index contributed by atoms with van der Waals surface area (Å²) in [5.41, 5.74) is 1.58. The van der Waals surface area contributed by atoms with E-state index in [2.05, 4.69) is 36.2 Å². The van der Waals surface area contributed by atoms with Gasteiger partial charge in [-0.05, 0) is 29.2 Å². The minimum atomic E-state index is -0.507. The summed E-state index contributed by atoms with van der Waals surface area (Å²) < 4.78 is 13.8. The number of nitro groups is 1. The van der Waals surface area contributed by atoms with Crippen LogP contribution in [0.1, 0.15) is 6.42 Å². The number of hydrogen-bond donors (Lipinski definition) is 1. The predicted octanol–water partition coefficient (Wildman–Crippen LogP) is 4.72. The van der Waals surface area contributed by atoms with Crippen LogP contribution in [0.25, 0.3) is 10.9 Å². The van der Waals surface area contributed by atoms with Crippen molar-refractivity contribution >= 4 is 44.3 Å². The van der Waals surface area contributed by atoms with Crippen LogP contribution in [-0.2, 0) is 6.54 Å². The fourth-order valence-corrected chi connectivity index (χ4v) is 3.60. The van der Waals surface area contributed by atoms with Crippen LogP contribution in [0.15, 0.2) is 59.6 Å². The first-order chi connectivity index (χ1) is 15.5. The first kappa shape index (κ1) is 21.5. The Labute approximate surface area is 191 Å². The zero-order valence-corrected chi connectivity index (χ0v) is 18.7. The Bertz CT molecular complexity index is 1260. The fourth-order valence-electron chi connectivity index (χ4n) is 3.20. The van der Waals surface area contributed by atoms with Crippen molar-refractivity contribution in [3.05, 3.63) is 69.7 Å². The van der Waals surface area contributed by atoms with Crippen molar-refractivity contribution in [3.8, 4) is 11.5 Å². The molecule has 10 nitrogen and oxygen atoms in total. The van der Waals surface area contributed by atoms with Gasteiger partial charge in [-0.25, -0.2) is 14.5 Å². The molecule has 0 saturated carbocycles. The van der Waals surface area contributed by atoms with E-state index < -0.39 is 4.92 Å². The molecular formula is C21H19BrN6O4. The summed E-state index contributed by atoms with van der Waals surface area (Å²) in [6.45, 7) is 0.740. The van der Waals surface area contributed by atoms with Gasteiger partial charge >= 0.3 is 5.95 Å². The fraction of sp³-hybridized carbons (Fsp3) is 0.190. The molecule has 2 heterocycles. The molecule has 4 rings (SSSR count). The number of hydrogen-bond acceptors (Lipinski definition) is 8. The van der Waals surface area contributed by atoms with Crippen molar-refractivity contribution in [1.29, 1.82) is 0 Å². The molecule has 11 heteroatoms. The van der Waals surface area contributed by atoms with Crippen molar-refractivity contribution in [2.24, 2.45) is 0 Å². The van der Waals surface area contributed by atoms with Crippen LogP contribution in [0.2, 0.25) is 0 Å². The van der Waals surface area contributed by atoms with Crippen molar-refractivity contribution < 1.29 is 14.4 Å². The van der Waals surface area contributed by atoms with Gasteiger partial charge in [-0.15, -0.1) is 0 Å². The standard InChI is InChI=1S/C21H19BrN6O4/c1-31-18-12-17-16(20(25-13-24-17)26-15-5-2-4-14(22)10-15)11-19(18)32-9-3-7-27-8-6-23-21(27)28(29)30/h2,4-6,8,10-13H,3,7,9H2,1H3,(H,24,25,26). The van der Waals surface area contributed by atoms with Crippen LogP contribution >= 0.6 is 15.9 Å². The lowest BCUT2D eigenvalue weighted by Gasteiger charge is -2.14. The third-order valence-corrected chi connectivity index (χ3v) is 5.16. The molecule has 164 valence electrons. The number of benzene rings is 2. The van der Waals surface area contributed by atoms with E-state index in [4.69, 9.17) is 9.47 Å². The minimum Gasteiger partial charge on any atom is -0.493 e. The zero-order valence-electron chi connectivity index (χ0n) is 17.1. The second-order valence-corrected chi connectivity index (χ2v) is 7.67. The molecule has 2 aromatic carbocycles. The average Bonchev–Trinajstić information content (AvgIpc) is 3.25. The van der Waals surface area contributed by atoms with Gasteiger partial charge in [-0.3, -0.25) is 0 Å². The summed E-state index contributed by atoms with van der Waals surface area (Å²) in [4.78, 5) is 22.9. The van der Waals surface area contributed by atoms with Gasteiger partial charge in [0.15, 0.2) is 11.5 Å². The summed E-state index contributed by atoms with van der Waals surface area (Å²) in [6, 6.07) is 11.4. The smallest absolute Gasteiger partial charge is 0.434 e. The second-order valence-electron chi connectivity index (χ2n) is 6.76. The van der Waals surface area contributed by atoms with E-state index in [0.717, 1.165) is 15.5 Å². The van der Waals surface area contributed by atoms with Crippen LogP contribution in [-0.4, -0.2) is 38.2 Å². The van der Waals surface area contributed by atoms with Gasteiger partial charge in [0.25, 0.3) is 0 Å². The molecular weight excluding hydrogens is 480 g/mol. The summed E-state index contributed by atoms with van der Waals surface area (Å²) in [7, 11) is 1.56. The summed E-state index contributed by atoms with van der Waals surface area (Å²) in [6.07, 6.45) is 5.02. The topological polar surface area (TPSA) is 117 Å². The largest absolute Gasteiger partial charge is 0.493 e. The zero-order chi connectivity index (χ0) is 22.5. The third-order valence-electron chi connectivity index (χ3n) is 4.67. The number of anilines is 2. The molecule has 0 aliphatic rings. The molecule has 0 fully saturated rings. The summed E-state index contributed by atoms with van der Waals surface area (Å²) >= 11 is 3.47. The molecule has 32 heavy (non-hydrogen) atoms. The molecule has 4 aromatic rings. The molecule has 0 radical (unpaired) electrons. The number of imidazole rings is 1. The number of methoxy groups -OCH3 is 1.